The number of nitrogens with zero attached hydrogens (tertiary/aromatic N) is 4. The average Bonchev–Trinajstić information content (AvgIpc) is 3.24. The Morgan fingerprint density at radius 1 is 1.18 bits per heavy atom. The molecule has 6 nitrogen and oxygen atoms in total. The average molecular weight is 401 g/mol. The molecule has 3 aromatic rings. The first kappa shape index (κ1) is 20.0. The molecule has 0 aliphatic carbocycles. The van der Waals surface area contributed by atoms with Gasteiger partial charge in [0.2, 0.25) is 0 Å². The van der Waals surface area contributed by atoms with Crippen molar-refractivity contribution in [2.24, 2.45) is 0 Å². The van der Waals surface area contributed by atoms with Crippen molar-refractivity contribution in [3.63, 3.8) is 0 Å². The first-order valence-corrected chi connectivity index (χ1v) is 9.67. The Hall–Kier alpha value is -2.74. The van der Waals surface area contributed by atoms with E-state index in [0.717, 1.165) is 34.9 Å². The number of anilines is 1. The minimum absolute atomic E-state index is 0.0253. The smallest absolute Gasteiger partial charge is 0.171 e. The highest BCUT2D eigenvalue weighted by Gasteiger charge is 2.16. The van der Waals surface area contributed by atoms with Crippen molar-refractivity contribution in [3.05, 3.63) is 65.0 Å². The summed E-state index contributed by atoms with van der Waals surface area (Å²) in [6.07, 6.45) is 1.79. The Bertz CT molecular complexity index is 960. The second kappa shape index (κ2) is 8.52. The number of benzene rings is 1. The zero-order valence-corrected chi connectivity index (χ0v) is 17.3. The molecular weight excluding hydrogens is 375 g/mol. The monoisotopic (exact) mass is 400 g/mol. The lowest BCUT2D eigenvalue weighted by Crippen LogP contribution is -2.32. The molecule has 1 atom stereocenters. The van der Waals surface area contributed by atoms with Crippen LogP contribution in [0.1, 0.15) is 42.5 Å². The summed E-state index contributed by atoms with van der Waals surface area (Å²) in [7, 11) is 0. The first-order chi connectivity index (χ1) is 13.4. The topological polar surface area (TPSA) is 59.7 Å². The van der Waals surface area contributed by atoms with E-state index >= 15 is 0 Å². The Kier molecular flexibility index (Phi) is 6.08. The van der Waals surface area contributed by atoms with E-state index in [1.54, 1.807) is 18.3 Å². The van der Waals surface area contributed by atoms with Gasteiger partial charge in [0.05, 0.1) is 35.4 Å². The van der Waals surface area contributed by atoms with Crippen LogP contribution >= 0.6 is 12.2 Å². The highest BCUT2D eigenvalue weighted by atomic mass is 32.1. The normalized spacial score (nSPS) is 12.0. The van der Waals surface area contributed by atoms with Crippen LogP contribution in [0.25, 0.3) is 0 Å². The number of aromatic nitrogens is 4. The molecular formula is C20H25FN6S. The third kappa shape index (κ3) is 4.39. The fraction of sp³-hybridized carbons (Fsp3) is 0.350. The molecule has 0 radical (unpaired) electrons. The molecule has 1 aromatic carbocycles. The zero-order chi connectivity index (χ0) is 20.3. The molecule has 2 heterocycles. The number of thiocarbonyl (C=S) groups is 1. The van der Waals surface area contributed by atoms with E-state index in [1.807, 2.05) is 29.3 Å². The van der Waals surface area contributed by atoms with Crippen LogP contribution in [0.3, 0.4) is 0 Å². The number of hydrogen-bond acceptors (Lipinski definition) is 3. The van der Waals surface area contributed by atoms with E-state index in [9.17, 15) is 4.39 Å². The summed E-state index contributed by atoms with van der Waals surface area (Å²) in [4.78, 5) is 0. The number of hydrogen-bond donors (Lipinski definition) is 2. The summed E-state index contributed by atoms with van der Waals surface area (Å²) < 4.78 is 16.9. The highest BCUT2D eigenvalue weighted by Crippen LogP contribution is 2.21. The van der Waals surface area contributed by atoms with Crippen LogP contribution in [-0.4, -0.2) is 24.7 Å². The lowest BCUT2D eigenvalue weighted by Gasteiger charge is -2.18. The summed E-state index contributed by atoms with van der Waals surface area (Å²) in [6, 6.07) is 8.47. The Labute approximate surface area is 169 Å². The van der Waals surface area contributed by atoms with Crippen LogP contribution in [0, 0.1) is 19.7 Å². The van der Waals surface area contributed by atoms with Gasteiger partial charge in [-0.3, -0.25) is 9.36 Å². The molecule has 0 fully saturated rings. The summed E-state index contributed by atoms with van der Waals surface area (Å²) in [5.41, 5.74) is 4.77. The molecule has 0 saturated carbocycles. The predicted molar refractivity (Wildman–Crippen MR) is 113 cm³/mol. The van der Waals surface area contributed by atoms with Gasteiger partial charge in [0.15, 0.2) is 5.11 Å². The lowest BCUT2D eigenvalue weighted by atomic mass is 10.2. The standard InChI is InChI=1S/C20H25FN6S/c1-5-26-18(10-11-22-26)13(2)23-20(28)24-19-14(3)25-27(15(19)4)12-16-6-8-17(21)9-7-16/h6-11,13H,5,12H2,1-4H3,(H2,23,24,28). The van der Waals surface area contributed by atoms with Crippen molar-refractivity contribution < 1.29 is 4.39 Å². The molecule has 3 rings (SSSR count). The minimum atomic E-state index is -0.241. The minimum Gasteiger partial charge on any atom is -0.354 e. The second-order valence-corrected chi connectivity index (χ2v) is 7.13. The molecule has 0 aliphatic rings. The molecule has 0 bridgehead atoms. The van der Waals surface area contributed by atoms with Crippen LogP contribution < -0.4 is 10.6 Å². The maximum Gasteiger partial charge on any atom is 0.171 e. The molecule has 2 N–H and O–H groups in total. The van der Waals surface area contributed by atoms with Gasteiger partial charge in [0, 0.05) is 12.7 Å². The van der Waals surface area contributed by atoms with Crippen molar-refractivity contribution in [2.75, 3.05) is 5.32 Å². The fourth-order valence-electron chi connectivity index (χ4n) is 3.19. The van der Waals surface area contributed by atoms with Gasteiger partial charge in [0.1, 0.15) is 5.82 Å². The zero-order valence-electron chi connectivity index (χ0n) is 16.5. The maximum absolute atomic E-state index is 13.1. The van der Waals surface area contributed by atoms with E-state index in [-0.39, 0.29) is 11.9 Å². The Morgan fingerprint density at radius 3 is 2.57 bits per heavy atom. The second-order valence-electron chi connectivity index (χ2n) is 6.72. The number of nitrogens with one attached hydrogen (secondary N) is 2. The van der Waals surface area contributed by atoms with Crippen LogP contribution in [0.15, 0.2) is 36.5 Å². The van der Waals surface area contributed by atoms with Crippen molar-refractivity contribution in [1.29, 1.82) is 0 Å². The van der Waals surface area contributed by atoms with Crippen LogP contribution in [0.5, 0.6) is 0 Å². The third-order valence-electron chi connectivity index (χ3n) is 4.71. The van der Waals surface area contributed by atoms with Gasteiger partial charge in [-0.2, -0.15) is 10.2 Å². The predicted octanol–water partition coefficient (Wildman–Crippen LogP) is 3.95. The molecule has 0 saturated heterocycles. The summed E-state index contributed by atoms with van der Waals surface area (Å²) in [6.45, 7) is 9.42. The first-order valence-electron chi connectivity index (χ1n) is 9.26. The van der Waals surface area contributed by atoms with Gasteiger partial charge in [-0.25, -0.2) is 4.39 Å². The number of halogens is 1. The largest absolute Gasteiger partial charge is 0.354 e. The van der Waals surface area contributed by atoms with E-state index in [2.05, 4.69) is 34.7 Å². The maximum atomic E-state index is 13.1. The number of rotatable bonds is 6. The summed E-state index contributed by atoms with van der Waals surface area (Å²) >= 11 is 5.51. The quantitative estimate of drug-likeness (QED) is 0.614. The van der Waals surface area contributed by atoms with E-state index in [4.69, 9.17) is 12.2 Å². The third-order valence-corrected chi connectivity index (χ3v) is 4.93. The van der Waals surface area contributed by atoms with E-state index in [1.165, 1.54) is 12.1 Å². The van der Waals surface area contributed by atoms with Crippen molar-refractivity contribution >= 4 is 23.0 Å². The fourth-order valence-corrected chi connectivity index (χ4v) is 3.47. The molecule has 0 spiro atoms. The molecule has 0 amide bonds. The molecule has 2 aromatic heterocycles. The van der Waals surface area contributed by atoms with Gasteiger partial charge >= 0.3 is 0 Å². The SMILES string of the molecule is CCn1nccc1C(C)NC(=S)Nc1c(C)nn(Cc2ccc(F)cc2)c1C. The van der Waals surface area contributed by atoms with E-state index < -0.39 is 0 Å². The highest BCUT2D eigenvalue weighted by molar-refractivity contribution is 7.80. The van der Waals surface area contributed by atoms with Gasteiger partial charge in [0.25, 0.3) is 0 Å². The lowest BCUT2D eigenvalue weighted by molar-refractivity contribution is 0.568. The molecule has 8 heteroatoms. The van der Waals surface area contributed by atoms with Crippen molar-refractivity contribution in [2.45, 2.75) is 46.8 Å². The molecule has 148 valence electrons. The Morgan fingerprint density at radius 2 is 1.89 bits per heavy atom. The van der Waals surface area contributed by atoms with Crippen LogP contribution in [-0.2, 0) is 13.1 Å². The molecule has 1 unspecified atom stereocenters. The summed E-state index contributed by atoms with van der Waals surface area (Å²) in [5.74, 6) is -0.241. The van der Waals surface area contributed by atoms with Crippen molar-refractivity contribution in [3.8, 4) is 0 Å². The molecule has 0 aliphatic heterocycles. The van der Waals surface area contributed by atoms with Gasteiger partial charge in [-0.05, 0) is 63.7 Å². The summed E-state index contributed by atoms with van der Waals surface area (Å²) in [5, 5.41) is 16.0. The van der Waals surface area contributed by atoms with Crippen LogP contribution in [0.4, 0.5) is 10.1 Å². The van der Waals surface area contributed by atoms with E-state index in [0.29, 0.717) is 11.7 Å². The van der Waals surface area contributed by atoms with Gasteiger partial charge in [-0.1, -0.05) is 12.1 Å². The Balaban J connectivity index is 1.69. The van der Waals surface area contributed by atoms with Crippen molar-refractivity contribution in [1.82, 2.24) is 24.9 Å². The van der Waals surface area contributed by atoms with Gasteiger partial charge < -0.3 is 10.6 Å². The van der Waals surface area contributed by atoms with Crippen LogP contribution in [0.2, 0.25) is 0 Å². The van der Waals surface area contributed by atoms with Gasteiger partial charge in [-0.15, -0.1) is 0 Å². The molecule has 28 heavy (non-hydrogen) atoms. The number of aryl methyl sites for hydroxylation is 2.